The van der Waals surface area contributed by atoms with E-state index >= 15 is 0 Å². The number of urea groups is 1. The number of amides is 3. The maximum Gasteiger partial charge on any atom is 0.320 e. The lowest BCUT2D eigenvalue weighted by molar-refractivity contribution is -0.145. The summed E-state index contributed by atoms with van der Waals surface area (Å²) in [4.78, 5) is 39.9. The van der Waals surface area contributed by atoms with Crippen molar-refractivity contribution in [1.29, 1.82) is 0 Å². The van der Waals surface area contributed by atoms with Gasteiger partial charge in [0.2, 0.25) is 5.91 Å². The number of carboxylic acids is 1. The minimum absolute atomic E-state index is 0.0955. The Bertz CT molecular complexity index is 408. The van der Waals surface area contributed by atoms with E-state index in [1.54, 1.807) is 32.7 Å². The molecule has 1 heterocycles. The standard InChI is InChI=1S/C13H23N3O4/c1-5-15(7-6-10(17)18)12(20)16-9-8-14(4)11(19)13(16,2)3/h5-9H2,1-4H3,(H,17,18). The summed E-state index contributed by atoms with van der Waals surface area (Å²) in [5.74, 6) is -1.05. The van der Waals surface area contributed by atoms with Crippen LogP contribution >= 0.6 is 0 Å². The van der Waals surface area contributed by atoms with Crippen molar-refractivity contribution in [2.24, 2.45) is 0 Å². The second-order valence-corrected chi connectivity index (χ2v) is 5.44. The van der Waals surface area contributed by atoms with Crippen LogP contribution in [-0.2, 0) is 9.59 Å². The summed E-state index contributed by atoms with van der Waals surface area (Å²) in [6.45, 7) is 6.75. The predicted octanol–water partition coefficient (Wildman–Crippen LogP) is 0.456. The highest BCUT2D eigenvalue weighted by molar-refractivity contribution is 5.91. The largest absolute Gasteiger partial charge is 0.481 e. The smallest absolute Gasteiger partial charge is 0.320 e. The molecule has 1 N–H and O–H groups in total. The second kappa shape index (κ2) is 6.11. The summed E-state index contributed by atoms with van der Waals surface area (Å²) in [6.07, 6.45) is -0.0955. The maximum atomic E-state index is 12.5. The molecule has 0 bridgehead atoms. The number of aliphatic carboxylic acids is 1. The van der Waals surface area contributed by atoms with Gasteiger partial charge in [0.05, 0.1) is 6.42 Å². The molecule has 3 amide bonds. The van der Waals surface area contributed by atoms with Crippen LogP contribution in [0.15, 0.2) is 0 Å². The molecule has 1 aliphatic heterocycles. The topological polar surface area (TPSA) is 81.2 Å². The predicted molar refractivity (Wildman–Crippen MR) is 73.3 cm³/mol. The van der Waals surface area contributed by atoms with Crippen molar-refractivity contribution < 1.29 is 19.5 Å². The van der Waals surface area contributed by atoms with Gasteiger partial charge in [0.15, 0.2) is 0 Å². The second-order valence-electron chi connectivity index (χ2n) is 5.44. The number of carboxylic acid groups (broad SMARTS) is 1. The van der Waals surface area contributed by atoms with Gasteiger partial charge < -0.3 is 19.8 Å². The van der Waals surface area contributed by atoms with E-state index in [4.69, 9.17) is 5.11 Å². The monoisotopic (exact) mass is 285 g/mol. The first-order valence-corrected chi connectivity index (χ1v) is 6.75. The molecule has 114 valence electrons. The first kappa shape index (κ1) is 16.3. The molecule has 0 radical (unpaired) electrons. The lowest BCUT2D eigenvalue weighted by Crippen LogP contribution is -2.65. The van der Waals surface area contributed by atoms with Crippen LogP contribution in [-0.4, -0.2) is 76.5 Å². The summed E-state index contributed by atoms with van der Waals surface area (Å²) in [6, 6.07) is -0.278. The van der Waals surface area contributed by atoms with Crippen molar-refractivity contribution in [3.63, 3.8) is 0 Å². The first-order valence-electron chi connectivity index (χ1n) is 6.75. The van der Waals surface area contributed by atoms with Crippen LogP contribution in [0.4, 0.5) is 4.79 Å². The fraction of sp³-hybridized carbons (Fsp3) is 0.769. The van der Waals surface area contributed by atoms with Gasteiger partial charge in [-0.3, -0.25) is 9.59 Å². The third-order valence-corrected chi connectivity index (χ3v) is 3.68. The molecule has 0 aromatic heterocycles. The van der Waals surface area contributed by atoms with Gasteiger partial charge in [-0.05, 0) is 20.8 Å². The molecule has 7 nitrogen and oxygen atoms in total. The van der Waals surface area contributed by atoms with Crippen LogP contribution in [0.25, 0.3) is 0 Å². The van der Waals surface area contributed by atoms with Gasteiger partial charge in [-0.15, -0.1) is 0 Å². The van der Waals surface area contributed by atoms with Crippen LogP contribution in [0.1, 0.15) is 27.2 Å². The Morgan fingerprint density at radius 3 is 2.45 bits per heavy atom. The molecule has 0 aromatic carbocycles. The highest BCUT2D eigenvalue weighted by Crippen LogP contribution is 2.23. The van der Waals surface area contributed by atoms with Gasteiger partial charge in [0.25, 0.3) is 0 Å². The third-order valence-electron chi connectivity index (χ3n) is 3.68. The Morgan fingerprint density at radius 2 is 1.95 bits per heavy atom. The summed E-state index contributed by atoms with van der Waals surface area (Å²) >= 11 is 0. The molecule has 0 unspecified atom stereocenters. The number of piperazine rings is 1. The molecule has 0 aromatic rings. The number of nitrogens with zero attached hydrogens (tertiary/aromatic N) is 3. The zero-order chi connectivity index (χ0) is 15.5. The van der Waals surface area contributed by atoms with Gasteiger partial charge in [-0.1, -0.05) is 0 Å². The molecule has 1 aliphatic rings. The highest BCUT2D eigenvalue weighted by atomic mass is 16.4. The van der Waals surface area contributed by atoms with Crippen molar-refractivity contribution in [3.05, 3.63) is 0 Å². The van der Waals surface area contributed by atoms with Gasteiger partial charge >= 0.3 is 12.0 Å². The zero-order valence-corrected chi connectivity index (χ0v) is 12.5. The normalized spacial score (nSPS) is 18.1. The summed E-state index contributed by atoms with van der Waals surface area (Å²) in [7, 11) is 1.72. The summed E-state index contributed by atoms with van der Waals surface area (Å²) in [5, 5.41) is 8.72. The lowest BCUT2D eigenvalue weighted by Gasteiger charge is -2.46. The van der Waals surface area contributed by atoms with Crippen molar-refractivity contribution in [2.75, 3.05) is 33.2 Å². The van der Waals surface area contributed by atoms with Crippen LogP contribution < -0.4 is 0 Å². The SMILES string of the molecule is CCN(CCC(=O)O)C(=O)N1CCN(C)C(=O)C1(C)C. The number of carbonyl (C=O) groups excluding carboxylic acids is 2. The minimum atomic E-state index is -0.940. The van der Waals surface area contributed by atoms with Crippen molar-refractivity contribution in [1.82, 2.24) is 14.7 Å². The quantitative estimate of drug-likeness (QED) is 0.813. The number of hydrogen-bond acceptors (Lipinski definition) is 3. The lowest BCUT2D eigenvalue weighted by atomic mass is 9.98. The number of hydrogen-bond donors (Lipinski definition) is 1. The van der Waals surface area contributed by atoms with Crippen molar-refractivity contribution in [2.45, 2.75) is 32.7 Å². The van der Waals surface area contributed by atoms with Crippen molar-refractivity contribution in [3.8, 4) is 0 Å². The minimum Gasteiger partial charge on any atom is -0.481 e. The van der Waals surface area contributed by atoms with E-state index in [1.165, 1.54) is 9.80 Å². The van der Waals surface area contributed by atoms with Gasteiger partial charge in [-0.25, -0.2) is 4.79 Å². The van der Waals surface area contributed by atoms with Crippen LogP contribution in [0.2, 0.25) is 0 Å². The molecule has 20 heavy (non-hydrogen) atoms. The average Bonchev–Trinajstić information content (AvgIpc) is 2.36. The van der Waals surface area contributed by atoms with E-state index in [1.807, 2.05) is 0 Å². The number of carbonyl (C=O) groups is 3. The number of rotatable bonds is 4. The van der Waals surface area contributed by atoms with Crippen LogP contribution in [0, 0.1) is 0 Å². The molecule has 0 spiro atoms. The Morgan fingerprint density at radius 1 is 1.35 bits per heavy atom. The molecule has 1 rings (SSSR count). The molecule has 7 heteroatoms. The zero-order valence-electron chi connectivity index (χ0n) is 12.5. The fourth-order valence-electron chi connectivity index (χ4n) is 2.34. The van der Waals surface area contributed by atoms with Crippen molar-refractivity contribution >= 4 is 17.9 Å². The fourth-order valence-corrected chi connectivity index (χ4v) is 2.34. The first-order chi connectivity index (χ1) is 9.21. The highest BCUT2D eigenvalue weighted by Gasteiger charge is 2.44. The summed E-state index contributed by atoms with van der Waals surface area (Å²) < 4.78 is 0. The van der Waals surface area contributed by atoms with E-state index in [0.29, 0.717) is 19.6 Å². The van der Waals surface area contributed by atoms with E-state index in [2.05, 4.69) is 0 Å². The molecule has 0 aliphatic carbocycles. The number of likely N-dealkylation sites (N-methyl/N-ethyl adjacent to an activating group) is 1. The van der Waals surface area contributed by atoms with Gasteiger partial charge in [0.1, 0.15) is 5.54 Å². The average molecular weight is 285 g/mol. The van der Waals surface area contributed by atoms with Crippen LogP contribution in [0.5, 0.6) is 0 Å². The molecule has 1 fully saturated rings. The van der Waals surface area contributed by atoms with Gasteiger partial charge in [0, 0.05) is 33.2 Å². The van der Waals surface area contributed by atoms with E-state index in [0.717, 1.165) is 0 Å². The summed E-state index contributed by atoms with van der Waals surface area (Å²) in [5.41, 5.74) is -0.902. The third kappa shape index (κ3) is 3.20. The molecule has 0 saturated carbocycles. The molecular formula is C13H23N3O4. The molecule has 1 saturated heterocycles. The molecular weight excluding hydrogens is 262 g/mol. The van der Waals surface area contributed by atoms with E-state index in [-0.39, 0.29) is 24.9 Å². The van der Waals surface area contributed by atoms with Crippen LogP contribution in [0.3, 0.4) is 0 Å². The van der Waals surface area contributed by atoms with E-state index in [9.17, 15) is 14.4 Å². The maximum absolute atomic E-state index is 12.5. The Hall–Kier alpha value is -1.79. The molecule has 0 atom stereocenters. The van der Waals surface area contributed by atoms with Gasteiger partial charge in [-0.2, -0.15) is 0 Å². The Kier molecular flexibility index (Phi) is 4.97. The Labute approximate surface area is 119 Å². The Balaban J connectivity index is 2.83. The van der Waals surface area contributed by atoms with E-state index < -0.39 is 11.5 Å².